The molecule has 33 heavy (non-hydrogen) atoms. The molecule has 1 saturated heterocycles. The number of anilines is 1. The van der Waals surface area contributed by atoms with Crippen LogP contribution >= 0.6 is 0 Å². The van der Waals surface area contributed by atoms with Crippen LogP contribution in [0.4, 0.5) is 16.2 Å². The lowest BCUT2D eigenvalue weighted by Crippen LogP contribution is -2.54. The predicted molar refractivity (Wildman–Crippen MR) is 120 cm³/mol. The second-order valence-electron chi connectivity index (χ2n) is 7.76. The number of non-ortho nitro benzene ring substituents is 1. The number of hydrogen-bond donors (Lipinski definition) is 1. The lowest BCUT2D eigenvalue weighted by atomic mass is 10.1. The van der Waals surface area contributed by atoms with Gasteiger partial charge in [0.25, 0.3) is 17.5 Å². The minimum atomic E-state index is -0.825. The van der Waals surface area contributed by atoms with Crippen molar-refractivity contribution in [2.24, 2.45) is 0 Å². The second-order valence-corrected chi connectivity index (χ2v) is 7.76. The molecule has 0 bridgehead atoms. The van der Waals surface area contributed by atoms with Crippen molar-refractivity contribution >= 4 is 35.3 Å². The molecule has 1 fully saturated rings. The Morgan fingerprint density at radius 2 is 1.67 bits per heavy atom. The van der Waals surface area contributed by atoms with E-state index >= 15 is 0 Å². The fraction of sp³-hybridized carbons (Fsp3) is 0.125. The topological polar surface area (TPSA) is 123 Å². The molecular weight excluding hydrogens is 426 g/mol. The molecule has 4 amide bonds. The zero-order chi connectivity index (χ0) is 23.9. The highest BCUT2D eigenvalue weighted by Crippen LogP contribution is 2.30. The maximum Gasteiger partial charge on any atom is 0.335 e. The summed E-state index contributed by atoms with van der Waals surface area (Å²) >= 11 is 0. The minimum absolute atomic E-state index is 0.0363. The quantitative estimate of drug-likeness (QED) is 0.274. The third kappa shape index (κ3) is 4.16. The van der Waals surface area contributed by atoms with E-state index in [2.05, 4.69) is 5.32 Å². The summed E-state index contributed by atoms with van der Waals surface area (Å²) in [6.45, 7) is 5.40. The largest absolute Gasteiger partial charge is 0.457 e. The summed E-state index contributed by atoms with van der Waals surface area (Å²) in [5, 5.41) is 13.1. The molecule has 0 saturated carbocycles. The third-order valence-corrected chi connectivity index (χ3v) is 5.17. The maximum absolute atomic E-state index is 13.1. The highest BCUT2D eigenvalue weighted by atomic mass is 16.6. The highest BCUT2D eigenvalue weighted by molar-refractivity contribution is 6.39. The van der Waals surface area contributed by atoms with Crippen LogP contribution in [-0.2, 0) is 9.59 Å². The number of rotatable bonds is 4. The number of benzene rings is 2. The van der Waals surface area contributed by atoms with Gasteiger partial charge in [-0.25, -0.2) is 9.69 Å². The number of nitro groups is 1. The summed E-state index contributed by atoms with van der Waals surface area (Å²) in [4.78, 5) is 49.3. The number of furan rings is 1. The number of amides is 4. The van der Waals surface area contributed by atoms with Crippen LogP contribution in [0.5, 0.6) is 0 Å². The number of hydrogen-bond acceptors (Lipinski definition) is 6. The van der Waals surface area contributed by atoms with Crippen molar-refractivity contribution in [1.82, 2.24) is 5.32 Å². The van der Waals surface area contributed by atoms with Gasteiger partial charge in [0.1, 0.15) is 17.1 Å². The van der Waals surface area contributed by atoms with Gasteiger partial charge in [-0.05, 0) is 73.9 Å². The average molecular weight is 445 g/mol. The number of aryl methyl sites for hydroxylation is 3. The molecule has 1 aliphatic heterocycles. The first-order valence-electron chi connectivity index (χ1n) is 9.99. The first-order chi connectivity index (χ1) is 15.6. The zero-order valence-electron chi connectivity index (χ0n) is 18.0. The molecule has 0 spiro atoms. The minimum Gasteiger partial charge on any atom is -0.457 e. The van der Waals surface area contributed by atoms with Gasteiger partial charge >= 0.3 is 6.03 Å². The van der Waals surface area contributed by atoms with Crippen LogP contribution < -0.4 is 10.2 Å². The number of imide groups is 2. The lowest BCUT2D eigenvalue weighted by Gasteiger charge is -2.26. The van der Waals surface area contributed by atoms with E-state index in [1.165, 1.54) is 18.2 Å². The van der Waals surface area contributed by atoms with Gasteiger partial charge in [-0.3, -0.25) is 25.0 Å². The Labute approximate surface area is 188 Å². The van der Waals surface area contributed by atoms with Crippen molar-refractivity contribution in [3.8, 4) is 11.3 Å². The van der Waals surface area contributed by atoms with E-state index in [0.29, 0.717) is 22.6 Å². The predicted octanol–water partition coefficient (Wildman–Crippen LogP) is 4.45. The molecule has 9 nitrogen and oxygen atoms in total. The van der Waals surface area contributed by atoms with E-state index < -0.39 is 22.8 Å². The van der Waals surface area contributed by atoms with Crippen LogP contribution in [0.1, 0.15) is 22.5 Å². The van der Waals surface area contributed by atoms with Crippen molar-refractivity contribution in [2.75, 3.05) is 4.90 Å². The average Bonchev–Trinajstić information content (AvgIpc) is 3.18. The molecular formula is C24H19N3O6. The van der Waals surface area contributed by atoms with Gasteiger partial charge in [-0.1, -0.05) is 6.07 Å². The number of carbonyl (C=O) groups is 3. The monoisotopic (exact) mass is 445 g/mol. The third-order valence-electron chi connectivity index (χ3n) is 5.17. The number of carbonyl (C=O) groups excluding carboxylic acids is 3. The Morgan fingerprint density at radius 3 is 2.30 bits per heavy atom. The van der Waals surface area contributed by atoms with E-state index in [9.17, 15) is 24.5 Å². The summed E-state index contributed by atoms with van der Waals surface area (Å²) in [5.74, 6) is -0.954. The van der Waals surface area contributed by atoms with Gasteiger partial charge in [0.15, 0.2) is 0 Å². The molecule has 0 radical (unpaired) electrons. The van der Waals surface area contributed by atoms with Crippen LogP contribution in [-0.4, -0.2) is 22.8 Å². The number of nitro benzene ring substituents is 1. The molecule has 0 aliphatic carbocycles. The van der Waals surface area contributed by atoms with Crippen LogP contribution in [0.2, 0.25) is 0 Å². The maximum atomic E-state index is 13.1. The van der Waals surface area contributed by atoms with Crippen molar-refractivity contribution in [3.63, 3.8) is 0 Å². The normalized spacial score (nSPS) is 15.2. The van der Waals surface area contributed by atoms with Crippen molar-refractivity contribution < 1.29 is 23.7 Å². The SMILES string of the molecule is Cc1cc(C)cc(N2C(=O)NC(=O)C(=Cc3ccc(-c4ccc([N+](=O)[O-])cc4C)o3)C2=O)c1. The number of barbiturate groups is 1. The molecule has 2 heterocycles. The molecule has 0 unspecified atom stereocenters. The Morgan fingerprint density at radius 1 is 0.970 bits per heavy atom. The van der Waals surface area contributed by atoms with Crippen molar-refractivity contribution in [1.29, 1.82) is 0 Å². The fourth-order valence-electron chi connectivity index (χ4n) is 3.73. The molecule has 166 valence electrons. The fourth-order valence-corrected chi connectivity index (χ4v) is 3.73. The first-order valence-corrected chi connectivity index (χ1v) is 9.99. The van der Waals surface area contributed by atoms with Crippen LogP contribution in [0, 0.1) is 30.9 Å². The molecule has 4 rings (SSSR count). The Hall–Kier alpha value is -4.53. The molecule has 9 heteroatoms. The summed E-state index contributed by atoms with van der Waals surface area (Å²) in [6.07, 6.45) is 1.27. The van der Waals surface area contributed by atoms with Gasteiger partial charge in [0.05, 0.1) is 10.6 Å². The number of nitrogens with one attached hydrogen (secondary N) is 1. The first kappa shape index (κ1) is 21.7. The standard InChI is InChI=1S/C24H19N3O6/c1-13-8-14(2)10-17(9-13)26-23(29)20(22(28)25-24(26)30)12-18-5-7-21(33-18)19-6-4-16(27(31)32)11-15(19)3/h4-12H,1-3H3,(H,25,28,30). The van der Waals surface area contributed by atoms with E-state index in [4.69, 9.17) is 4.42 Å². The van der Waals surface area contributed by atoms with E-state index in [0.717, 1.165) is 16.0 Å². The Balaban J connectivity index is 1.68. The van der Waals surface area contributed by atoms with E-state index in [1.54, 1.807) is 37.3 Å². The molecule has 1 N–H and O–H groups in total. The molecule has 2 aromatic carbocycles. The van der Waals surface area contributed by atoms with Crippen molar-refractivity contribution in [3.05, 3.63) is 86.7 Å². The molecule has 0 atom stereocenters. The Bertz CT molecular complexity index is 1350. The summed E-state index contributed by atoms with van der Waals surface area (Å²) in [5.41, 5.74) is 3.06. The highest BCUT2D eigenvalue weighted by Gasteiger charge is 2.37. The second kappa shape index (κ2) is 8.19. The van der Waals surface area contributed by atoms with Gasteiger partial charge in [-0.15, -0.1) is 0 Å². The lowest BCUT2D eigenvalue weighted by molar-refractivity contribution is -0.384. The number of urea groups is 1. The summed E-state index contributed by atoms with van der Waals surface area (Å²) in [6, 6.07) is 12.0. The summed E-state index contributed by atoms with van der Waals surface area (Å²) < 4.78 is 5.77. The molecule has 1 aromatic heterocycles. The Kier molecular flexibility index (Phi) is 5.39. The van der Waals surface area contributed by atoms with Gasteiger partial charge in [0, 0.05) is 17.7 Å². The molecule has 1 aliphatic rings. The summed E-state index contributed by atoms with van der Waals surface area (Å²) in [7, 11) is 0. The molecule has 3 aromatic rings. The van der Waals surface area contributed by atoms with Gasteiger partial charge in [-0.2, -0.15) is 0 Å². The van der Waals surface area contributed by atoms with Crippen LogP contribution in [0.3, 0.4) is 0 Å². The van der Waals surface area contributed by atoms with Gasteiger partial charge in [0.2, 0.25) is 0 Å². The van der Waals surface area contributed by atoms with E-state index in [-0.39, 0.29) is 17.0 Å². The van der Waals surface area contributed by atoms with E-state index in [1.807, 2.05) is 19.9 Å². The van der Waals surface area contributed by atoms with Crippen molar-refractivity contribution in [2.45, 2.75) is 20.8 Å². The van der Waals surface area contributed by atoms with Crippen LogP contribution in [0.15, 0.2) is 58.5 Å². The zero-order valence-corrected chi connectivity index (χ0v) is 18.0. The van der Waals surface area contributed by atoms with Crippen LogP contribution in [0.25, 0.3) is 17.4 Å². The number of nitrogens with zero attached hydrogens (tertiary/aromatic N) is 2. The smallest absolute Gasteiger partial charge is 0.335 e. The van der Waals surface area contributed by atoms with Gasteiger partial charge < -0.3 is 4.42 Å².